The van der Waals surface area contributed by atoms with Crippen LogP contribution in [0.5, 0.6) is 0 Å². The molecule has 1 aliphatic rings. The van der Waals surface area contributed by atoms with Gasteiger partial charge in [0.1, 0.15) is 0 Å². The molecular formula is C17H18ClN3O2S. The van der Waals surface area contributed by atoms with Crippen molar-refractivity contribution in [2.45, 2.75) is 43.5 Å². The lowest BCUT2D eigenvalue weighted by atomic mass is 10.2. The van der Waals surface area contributed by atoms with Crippen LogP contribution in [-0.2, 0) is 17.6 Å². The van der Waals surface area contributed by atoms with E-state index in [1.165, 1.54) is 11.8 Å². The number of H-pyrrole nitrogens is 1. The van der Waals surface area contributed by atoms with Gasteiger partial charge in [-0.2, -0.15) is 0 Å². The Kier molecular flexibility index (Phi) is 4.96. The van der Waals surface area contributed by atoms with E-state index < -0.39 is 5.25 Å². The molecule has 0 radical (unpaired) electrons. The molecule has 24 heavy (non-hydrogen) atoms. The van der Waals surface area contributed by atoms with Crippen molar-refractivity contribution < 1.29 is 4.79 Å². The van der Waals surface area contributed by atoms with Gasteiger partial charge in [-0.25, -0.2) is 4.98 Å². The summed E-state index contributed by atoms with van der Waals surface area (Å²) in [6, 6.07) is 5.36. The molecule has 1 aromatic heterocycles. The average Bonchev–Trinajstić information content (AvgIpc) is 2.99. The van der Waals surface area contributed by atoms with Crippen molar-refractivity contribution in [2.24, 2.45) is 0 Å². The SMILES string of the molecule is Cc1ccc(Cl)cc1NC(=O)C(C)Sc1nc2c(c(=O)[nH]1)CCC2. The second-order valence-electron chi connectivity index (χ2n) is 5.86. The van der Waals surface area contributed by atoms with Crippen molar-refractivity contribution in [3.8, 4) is 0 Å². The fraction of sp³-hybridized carbons (Fsp3) is 0.353. The minimum atomic E-state index is -0.397. The Morgan fingerprint density at radius 1 is 1.42 bits per heavy atom. The third-order valence-corrected chi connectivity index (χ3v) is 5.25. The first-order valence-electron chi connectivity index (χ1n) is 7.80. The summed E-state index contributed by atoms with van der Waals surface area (Å²) in [5.74, 6) is -0.159. The number of nitrogens with one attached hydrogen (secondary N) is 2. The summed E-state index contributed by atoms with van der Waals surface area (Å²) in [5.41, 5.74) is 3.19. The van der Waals surface area contributed by atoms with E-state index in [1.54, 1.807) is 19.1 Å². The number of carbonyl (C=O) groups is 1. The largest absolute Gasteiger partial charge is 0.325 e. The number of aromatic nitrogens is 2. The van der Waals surface area contributed by atoms with Gasteiger partial charge < -0.3 is 10.3 Å². The molecule has 1 aromatic carbocycles. The monoisotopic (exact) mass is 363 g/mol. The minimum Gasteiger partial charge on any atom is -0.325 e. The van der Waals surface area contributed by atoms with Gasteiger partial charge in [0.15, 0.2) is 5.16 Å². The maximum Gasteiger partial charge on any atom is 0.254 e. The quantitative estimate of drug-likeness (QED) is 0.645. The molecule has 1 aliphatic carbocycles. The van der Waals surface area contributed by atoms with E-state index in [4.69, 9.17) is 11.6 Å². The number of amides is 1. The molecule has 2 N–H and O–H groups in total. The molecular weight excluding hydrogens is 346 g/mol. The fourth-order valence-corrected chi connectivity index (χ4v) is 3.65. The van der Waals surface area contributed by atoms with Crippen LogP contribution < -0.4 is 10.9 Å². The Labute approximate surface area is 149 Å². The zero-order valence-electron chi connectivity index (χ0n) is 13.5. The summed E-state index contributed by atoms with van der Waals surface area (Å²) in [6.45, 7) is 3.69. The van der Waals surface area contributed by atoms with Crippen LogP contribution in [0.2, 0.25) is 5.02 Å². The molecule has 3 rings (SSSR count). The topological polar surface area (TPSA) is 74.8 Å². The zero-order chi connectivity index (χ0) is 17.3. The van der Waals surface area contributed by atoms with Crippen LogP contribution in [0.1, 0.15) is 30.2 Å². The van der Waals surface area contributed by atoms with E-state index in [0.29, 0.717) is 15.9 Å². The zero-order valence-corrected chi connectivity index (χ0v) is 15.1. The van der Waals surface area contributed by atoms with Gasteiger partial charge in [-0.05, 0) is 50.8 Å². The van der Waals surface area contributed by atoms with E-state index in [0.717, 1.165) is 36.1 Å². The highest BCUT2D eigenvalue weighted by Gasteiger charge is 2.21. The molecule has 7 heteroatoms. The van der Waals surface area contributed by atoms with Crippen LogP contribution >= 0.6 is 23.4 Å². The van der Waals surface area contributed by atoms with Gasteiger partial charge in [0.25, 0.3) is 5.56 Å². The first-order valence-corrected chi connectivity index (χ1v) is 9.05. The predicted octanol–water partition coefficient (Wildman–Crippen LogP) is 3.34. The van der Waals surface area contributed by atoms with Gasteiger partial charge in [0, 0.05) is 16.3 Å². The number of carbonyl (C=O) groups excluding carboxylic acids is 1. The number of aryl methyl sites for hydroxylation is 2. The second kappa shape index (κ2) is 6.99. The van der Waals surface area contributed by atoms with Crippen LogP contribution in [0.3, 0.4) is 0 Å². The summed E-state index contributed by atoms with van der Waals surface area (Å²) >= 11 is 7.22. The van der Waals surface area contributed by atoms with Crippen LogP contribution in [0.15, 0.2) is 28.2 Å². The molecule has 1 atom stereocenters. The number of halogens is 1. The average molecular weight is 364 g/mol. The Balaban J connectivity index is 1.72. The lowest BCUT2D eigenvalue weighted by Gasteiger charge is -2.13. The number of nitrogens with zero attached hydrogens (tertiary/aromatic N) is 1. The normalized spacial score (nSPS) is 14.3. The van der Waals surface area contributed by atoms with Crippen molar-refractivity contribution in [1.82, 2.24) is 9.97 Å². The number of thioether (sulfide) groups is 1. The Hall–Kier alpha value is -1.79. The van der Waals surface area contributed by atoms with Crippen molar-refractivity contribution in [1.29, 1.82) is 0 Å². The minimum absolute atomic E-state index is 0.0849. The summed E-state index contributed by atoms with van der Waals surface area (Å²) in [6.07, 6.45) is 2.57. The molecule has 1 unspecified atom stereocenters. The number of rotatable bonds is 4. The fourth-order valence-electron chi connectivity index (χ4n) is 2.66. The summed E-state index contributed by atoms with van der Waals surface area (Å²) < 4.78 is 0. The number of fused-ring (bicyclic) bond motifs is 1. The number of anilines is 1. The molecule has 0 saturated heterocycles. The second-order valence-corrected chi connectivity index (χ2v) is 7.62. The first-order chi connectivity index (χ1) is 11.4. The van der Waals surface area contributed by atoms with E-state index in [1.807, 2.05) is 13.0 Å². The Bertz CT molecular complexity index is 850. The van der Waals surface area contributed by atoms with Crippen LogP contribution in [0, 0.1) is 6.92 Å². The molecule has 2 aromatic rings. The molecule has 0 aliphatic heterocycles. The standard InChI is InChI=1S/C17H18ClN3O2S/c1-9-6-7-11(18)8-14(9)19-15(22)10(2)24-17-20-13-5-3-4-12(13)16(23)21-17/h6-8,10H,3-5H2,1-2H3,(H,19,22)(H,20,21,23). The lowest BCUT2D eigenvalue weighted by molar-refractivity contribution is -0.115. The number of hydrogen-bond acceptors (Lipinski definition) is 4. The molecule has 0 fully saturated rings. The van der Waals surface area contributed by atoms with E-state index in [-0.39, 0.29) is 11.5 Å². The van der Waals surface area contributed by atoms with Crippen molar-refractivity contribution in [2.75, 3.05) is 5.32 Å². The molecule has 1 amide bonds. The highest BCUT2D eigenvalue weighted by Crippen LogP contribution is 2.25. The van der Waals surface area contributed by atoms with E-state index in [9.17, 15) is 9.59 Å². The van der Waals surface area contributed by atoms with Gasteiger partial charge in [0.05, 0.1) is 10.9 Å². The van der Waals surface area contributed by atoms with Crippen molar-refractivity contribution >= 4 is 35.0 Å². The lowest BCUT2D eigenvalue weighted by Crippen LogP contribution is -2.24. The maximum absolute atomic E-state index is 12.4. The van der Waals surface area contributed by atoms with Gasteiger partial charge in [-0.15, -0.1) is 0 Å². The van der Waals surface area contributed by atoms with Crippen molar-refractivity contribution in [3.05, 3.63) is 50.4 Å². The molecule has 0 bridgehead atoms. The van der Waals surface area contributed by atoms with Gasteiger partial charge in [0.2, 0.25) is 5.91 Å². The predicted molar refractivity (Wildman–Crippen MR) is 97.0 cm³/mol. The summed E-state index contributed by atoms with van der Waals surface area (Å²) in [5, 5.41) is 3.54. The van der Waals surface area contributed by atoms with Crippen LogP contribution in [0.4, 0.5) is 5.69 Å². The highest BCUT2D eigenvalue weighted by atomic mass is 35.5. The highest BCUT2D eigenvalue weighted by molar-refractivity contribution is 8.00. The van der Waals surface area contributed by atoms with Gasteiger partial charge in [-0.3, -0.25) is 9.59 Å². The number of hydrogen-bond donors (Lipinski definition) is 2. The third-order valence-electron chi connectivity index (χ3n) is 4.03. The number of aromatic amines is 1. The van der Waals surface area contributed by atoms with Gasteiger partial charge >= 0.3 is 0 Å². The molecule has 0 saturated carbocycles. The van der Waals surface area contributed by atoms with Crippen molar-refractivity contribution in [3.63, 3.8) is 0 Å². The number of benzene rings is 1. The molecule has 126 valence electrons. The van der Waals surface area contributed by atoms with Crippen LogP contribution in [-0.4, -0.2) is 21.1 Å². The van der Waals surface area contributed by atoms with Crippen LogP contribution in [0.25, 0.3) is 0 Å². The molecule has 0 spiro atoms. The molecule has 1 heterocycles. The summed E-state index contributed by atoms with van der Waals surface area (Å²) in [7, 11) is 0. The summed E-state index contributed by atoms with van der Waals surface area (Å²) in [4.78, 5) is 31.7. The third kappa shape index (κ3) is 3.65. The Morgan fingerprint density at radius 2 is 2.21 bits per heavy atom. The van der Waals surface area contributed by atoms with E-state index >= 15 is 0 Å². The van der Waals surface area contributed by atoms with E-state index in [2.05, 4.69) is 15.3 Å². The van der Waals surface area contributed by atoms with Gasteiger partial charge in [-0.1, -0.05) is 29.4 Å². The maximum atomic E-state index is 12.4. The Morgan fingerprint density at radius 3 is 3.00 bits per heavy atom. The smallest absolute Gasteiger partial charge is 0.254 e. The molecule has 5 nitrogen and oxygen atoms in total. The first kappa shape index (κ1) is 17.0.